The molecule has 0 saturated carbocycles. The molecule has 62 heavy (non-hydrogen) atoms. The van der Waals surface area contributed by atoms with Crippen molar-refractivity contribution < 1.29 is 28.6 Å². The van der Waals surface area contributed by atoms with Crippen molar-refractivity contribution in [2.45, 2.75) is 290 Å². The zero-order chi connectivity index (χ0) is 45.1. The molecule has 0 fully saturated rings. The SMILES string of the molecule is CCCCC/C=C\C/C=C\CCCCCCCC(=O)OCC(COC(=O)CCCCCCCCCCCCCCCC)OC(=O)CCCCCCC/C=C\CCCCCCCC. The Labute approximate surface area is 385 Å². The first-order valence-corrected chi connectivity index (χ1v) is 27.0. The Morgan fingerprint density at radius 2 is 0.581 bits per heavy atom. The molecule has 0 aliphatic rings. The molecule has 362 valence electrons. The van der Waals surface area contributed by atoms with Crippen LogP contribution in [-0.2, 0) is 28.6 Å². The number of hydrogen-bond donors (Lipinski definition) is 0. The number of esters is 3. The van der Waals surface area contributed by atoms with Gasteiger partial charge in [0.05, 0.1) is 0 Å². The monoisotopic (exact) mass is 871 g/mol. The first-order valence-electron chi connectivity index (χ1n) is 27.0. The Bertz CT molecular complexity index is 1050. The summed E-state index contributed by atoms with van der Waals surface area (Å²) in [7, 11) is 0. The summed E-state index contributed by atoms with van der Waals surface area (Å²) in [5.74, 6) is -0.887. The van der Waals surface area contributed by atoms with E-state index in [1.165, 1.54) is 161 Å². The quantitative estimate of drug-likeness (QED) is 0.0262. The first-order chi connectivity index (χ1) is 30.5. The number of rotatable bonds is 49. The van der Waals surface area contributed by atoms with Crippen molar-refractivity contribution in [3.8, 4) is 0 Å². The largest absolute Gasteiger partial charge is 0.462 e. The van der Waals surface area contributed by atoms with Crippen LogP contribution in [0.25, 0.3) is 0 Å². The number of ether oxygens (including phenoxy) is 3. The number of hydrogen-bond acceptors (Lipinski definition) is 6. The summed E-state index contributed by atoms with van der Waals surface area (Å²) in [4.78, 5) is 38.0. The zero-order valence-corrected chi connectivity index (χ0v) is 41.4. The van der Waals surface area contributed by atoms with Gasteiger partial charge in [0.15, 0.2) is 6.10 Å². The van der Waals surface area contributed by atoms with Crippen molar-refractivity contribution in [3.05, 3.63) is 36.5 Å². The Balaban J connectivity index is 4.39. The van der Waals surface area contributed by atoms with E-state index in [2.05, 4.69) is 57.2 Å². The minimum absolute atomic E-state index is 0.0769. The molecule has 0 amide bonds. The Kier molecular flexibility index (Phi) is 49.3. The van der Waals surface area contributed by atoms with Crippen LogP contribution < -0.4 is 0 Å². The molecule has 0 aromatic rings. The van der Waals surface area contributed by atoms with Crippen LogP contribution in [0.15, 0.2) is 36.5 Å². The number of carbonyl (C=O) groups excluding carboxylic acids is 3. The van der Waals surface area contributed by atoms with Gasteiger partial charge in [-0.15, -0.1) is 0 Å². The van der Waals surface area contributed by atoms with Crippen LogP contribution in [0, 0.1) is 0 Å². The van der Waals surface area contributed by atoms with Crippen LogP contribution in [0.5, 0.6) is 0 Å². The second-order valence-electron chi connectivity index (χ2n) is 18.1. The smallest absolute Gasteiger partial charge is 0.306 e. The van der Waals surface area contributed by atoms with Crippen molar-refractivity contribution in [1.82, 2.24) is 0 Å². The zero-order valence-electron chi connectivity index (χ0n) is 41.4. The third-order valence-corrected chi connectivity index (χ3v) is 11.9. The predicted octanol–water partition coefficient (Wildman–Crippen LogP) is 17.7. The van der Waals surface area contributed by atoms with Gasteiger partial charge in [-0.25, -0.2) is 0 Å². The van der Waals surface area contributed by atoms with Gasteiger partial charge in [0.25, 0.3) is 0 Å². The highest BCUT2D eigenvalue weighted by Crippen LogP contribution is 2.15. The first kappa shape index (κ1) is 59.6. The van der Waals surface area contributed by atoms with Gasteiger partial charge in [0.1, 0.15) is 13.2 Å². The molecule has 1 atom stereocenters. The molecule has 0 spiro atoms. The van der Waals surface area contributed by atoms with Crippen molar-refractivity contribution in [1.29, 1.82) is 0 Å². The second kappa shape index (κ2) is 51.3. The van der Waals surface area contributed by atoms with Gasteiger partial charge in [0, 0.05) is 19.3 Å². The standard InChI is InChI=1S/C56H102O6/c1-4-7-10-13-16-19-22-25-28-31-34-37-40-43-46-49-55(58)61-52-53(51-60-54(57)48-45-42-39-36-33-30-27-24-21-18-15-12-9-6-3)62-56(59)50-47-44-41-38-35-32-29-26-23-20-17-14-11-8-5-2/h16,19,25-26,28-29,53H,4-15,17-18,20-24,27,30-52H2,1-3H3/b19-16-,28-25-,29-26-. The average molecular weight is 871 g/mol. The molecule has 0 aromatic carbocycles. The molecule has 0 aliphatic carbocycles. The highest BCUT2D eigenvalue weighted by Gasteiger charge is 2.19. The van der Waals surface area contributed by atoms with Crippen molar-refractivity contribution >= 4 is 17.9 Å². The molecule has 1 unspecified atom stereocenters. The molecular weight excluding hydrogens is 769 g/mol. The van der Waals surface area contributed by atoms with Gasteiger partial charge in [-0.05, 0) is 77.0 Å². The summed E-state index contributed by atoms with van der Waals surface area (Å²) >= 11 is 0. The Morgan fingerprint density at radius 3 is 0.935 bits per heavy atom. The lowest BCUT2D eigenvalue weighted by Gasteiger charge is -2.18. The van der Waals surface area contributed by atoms with Gasteiger partial charge in [-0.3, -0.25) is 14.4 Å². The lowest BCUT2D eigenvalue weighted by atomic mass is 10.0. The van der Waals surface area contributed by atoms with Gasteiger partial charge in [-0.1, -0.05) is 224 Å². The molecule has 0 saturated heterocycles. The lowest BCUT2D eigenvalue weighted by molar-refractivity contribution is -0.167. The van der Waals surface area contributed by atoms with E-state index in [9.17, 15) is 14.4 Å². The summed E-state index contributed by atoms with van der Waals surface area (Å²) in [5.41, 5.74) is 0. The number of carbonyl (C=O) groups is 3. The van der Waals surface area contributed by atoms with E-state index in [1.807, 2.05) is 0 Å². The Hall–Kier alpha value is -2.37. The molecule has 0 aromatic heterocycles. The normalized spacial score (nSPS) is 12.2. The maximum absolute atomic E-state index is 12.8. The van der Waals surface area contributed by atoms with Crippen LogP contribution in [-0.4, -0.2) is 37.2 Å². The minimum Gasteiger partial charge on any atom is -0.462 e. The van der Waals surface area contributed by atoms with Crippen molar-refractivity contribution in [3.63, 3.8) is 0 Å². The maximum atomic E-state index is 12.8. The Morgan fingerprint density at radius 1 is 0.323 bits per heavy atom. The van der Waals surface area contributed by atoms with Crippen molar-refractivity contribution in [2.75, 3.05) is 13.2 Å². The number of unbranched alkanes of at least 4 members (excludes halogenated alkanes) is 32. The van der Waals surface area contributed by atoms with Gasteiger partial charge >= 0.3 is 17.9 Å². The summed E-state index contributed by atoms with van der Waals surface area (Å²) < 4.78 is 16.8. The van der Waals surface area contributed by atoms with E-state index in [0.717, 1.165) is 83.5 Å². The fourth-order valence-corrected chi connectivity index (χ4v) is 7.76. The van der Waals surface area contributed by atoms with Crippen LogP contribution in [0.3, 0.4) is 0 Å². The van der Waals surface area contributed by atoms with E-state index in [4.69, 9.17) is 14.2 Å². The van der Waals surface area contributed by atoms with Gasteiger partial charge in [0.2, 0.25) is 0 Å². The average Bonchev–Trinajstić information content (AvgIpc) is 3.27. The molecule has 6 nitrogen and oxygen atoms in total. The molecule has 0 N–H and O–H groups in total. The molecule has 6 heteroatoms. The third-order valence-electron chi connectivity index (χ3n) is 11.9. The van der Waals surface area contributed by atoms with E-state index in [-0.39, 0.29) is 31.1 Å². The molecule has 0 radical (unpaired) electrons. The lowest BCUT2D eigenvalue weighted by Crippen LogP contribution is -2.30. The van der Waals surface area contributed by atoms with E-state index in [0.29, 0.717) is 19.3 Å². The topological polar surface area (TPSA) is 78.9 Å². The van der Waals surface area contributed by atoms with Gasteiger partial charge < -0.3 is 14.2 Å². The molecular formula is C56H102O6. The van der Waals surface area contributed by atoms with E-state index < -0.39 is 6.10 Å². The summed E-state index contributed by atoms with van der Waals surface area (Å²) in [6, 6.07) is 0. The minimum atomic E-state index is -0.778. The fraction of sp³-hybridized carbons (Fsp3) is 0.839. The summed E-state index contributed by atoms with van der Waals surface area (Å²) in [6.45, 7) is 6.61. The molecule has 0 bridgehead atoms. The van der Waals surface area contributed by atoms with E-state index >= 15 is 0 Å². The third kappa shape index (κ3) is 48.7. The van der Waals surface area contributed by atoms with Crippen LogP contribution in [0.2, 0.25) is 0 Å². The van der Waals surface area contributed by atoms with Crippen molar-refractivity contribution in [2.24, 2.45) is 0 Å². The number of allylic oxidation sites excluding steroid dienone is 6. The van der Waals surface area contributed by atoms with Crippen LogP contribution >= 0.6 is 0 Å². The molecule has 0 rings (SSSR count). The summed E-state index contributed by atoms with van der Waals surface area (Å²) in [5, 5.41) is 0. The highest BCUT2D eigenvalue weighted by molar-refractivity contribution is 5.71. The molecule has 0 heterocycles. The van der Waals surface area contributed by atoms with Crippen LogP contribution in [0.1, 0.15) is 284 Å². The highest BCUT2D eigenvalue weighted by atomic mass is 16.6. The summed E-state index contributed by atoms with van der Waals surface area (Å²) in [6.07, 6.45) is 59.8. The van der Waals surface area contributed by atoms with Crippen LogP contribution in [0.4, 0.5) is 0 Å². The fourth-order valence-electron chi connectivity index (χ4n) is 7.76. The molecule has 0 aliphatic heterocycles. The van der Waals surface area contributed by atoms with Gasteiger partial charge in [-0.2, -0.15) is 0 Å². The van der Waals surface area contributed by atoms with E-state index in [1.54, 1.807) is 0 Å². The second-order valence-corrected chi connectivity index (χ2v) is 18.1. The predicted molar refractivity (Wildman–Crippen MR) is 266 cm³/mol. The maximum Gasteiger partial charge on any atom is 0.306 e.